The van der Waals surface area contributed by atoms with Crippen LogP contribution in [-0.4, -0.2) is 49.7 Å². The molecule has 0 amide bonds. The van der Waals surface area contributed by atoms with E-state index in [-0.39, 0.29) is 5.97 Å². The Kier molecular flexibility index (Phi) is 8.01. The molecule has 0 saturated carbocycles. The predicted octanol–water partition coefficient (Wildman–Crippen LogP) is 1.79. The zero-order chi connectivity index (χ0) is 13.2. The lowest BCUT2D eigenvalue weighted by atomic mass is 10.1. The van der Waals surface area contributed by atoms with Crippen molar-refractivity contribution in [1.29, 1.82) is 0 Å². The summed E-state index contributed by atoms with van der Waals surface area (Å²) in [4.78, 5) is 13.9. The smallest absolute Gasteiger partial charge is 0.319 e. The number of nitrogens with one attached hydrogen (secondary N) is 1. The number of likely N-dealkylation sites (tertiary alicyclic amines) is 1. The minimum atomic E-state index is -0.112. The second-order valence-corrected chi connectivity index (χ2v) is 5.07. The van der Waals surface area contributed by atoms with Gasteiger partial charge in [-0.25, -0.2) is 0 Å². The number of carbonyl (C=O) groups is 1. The van der Waals surface area contributed by atoms with E-state index in [2.05, 4.69) is 24.1 Å². The third kappa shape index (κ3) is 6.36. The van der Waals surface area contributed by atoms with Gasteiger partial charge in [0.25, 0.3) is 0 Å². The molecule has 0 aromatic carbocycles. The van der Waals surface area contributed by atoms with Crippen LogP contribution < -0.4 is 5.32 Å². The van der Waals surface area contributed by atoms with Crippen LogP contribution in [0.25, 0.3) is 0 Å². The zero-order valence-electron chi connectivity index (χ0n) is 11.9. The topological polar surface area (TPSA) is 41.6 Å². The van der Waals surface area contributed by atoms with Crippen molar-refractivity contribution >= 4 is 5.97 Å². The summed E-state index contributed by atoms with van der Waals surface area (Å²) in [6.45, 7) is 8.74. The summed E-state index contributed by atoms with van der Waals surface area (Å²) in [5.74, 6) is -0.112. The van der Waals surface area contributed by atoms with Gasteiger partial charge < -0.3 is 15.0 Å². The van der Waals surface area contributed by atoms with Crippen LogP contribution in [0.15, 0.2) is 0 Å². The average molecular weight is 256 g/mol. The van der Waals surface area contributed by atoms with Crippen LogP contribution >= 0.6 is 0 Å². The molecule has 4 nitrogen and oxygen atoms in total. The van der Waals surface area contributed by atoms with Crippen LogP contribution in [0.2, 0.25) is 0 Å². The standard InChI is InChI=1S/C14H28N2O2/c1-3-5-11-18-14(17)12-15-13-6-9-16(8-4-2)10-7-13/h13,15H,3-12H2,1-2H3. The molecule has 0 atom stereocenters. The highest BCUT2D eigenvalue weighted by Gasteiger charge is 2.18. The van der Waals surface area contributed by atoms with Crippen LogP contribution in [0.3, 0.4) is 0 Å². The highest BCUT2D eigenvalue weighted by molar-refractivity contribution is 5.71. The van der Waals surface area contributed by atoms with Crippen molar-refractivity contribution in [2.24, 2.45) is 0 Å². The van der Waals surface area contributed by atoms with E-state index in [4.69, 9.17) is 4.74 Å². The first-order chi connectivity index (χ1) is 8.76. The second kappa shape index (κ2) is 9.34. The fraction of sp³-hybridized carbons (Fsp3) is 0.929. The highest BCUT2D eigenvalue weighted by Crippen LogP contribution is 2.10. The van der Waals surface area contributed by atoms with E-state index in [1.165, 1.54) is 13.0 Å². The summed E-state index contributed by atoms with van der Waals surface area (Å²) in [6, 6.07) is 0.483. The molecule has 0 unspecified atom stereocenters. The SMILES string of the molecule is CCCCOC(=O)CNC1CCN(CCC)CC1. The van der Waals surface area contributed by atoms with Gasteiger partial charge in [-0.05, 0) is 45.3 Å². The molecule has 18 heavy (non-hydrogen) atoms. The molecule has 0 bridgehead atoms. The number of unbranched alkanes of at least 4 members (excludes halogenated alkanes) is 1. The summed E-state index contributed by atoms with van der Waals surface area (Å²) in [5, 5.41) is 3.31. The van der Waals surface area contributed by atoms with Gasteiger partial charge in [0.2, 0.25) is 0 Å². The van der Waals surface area contributed by atoms with Crippen molar-refractivity contribution in [1.82, 2.24) is 10.2 Å². The maximum absolute atomic E-state index is 11.4. The third-order valence-electron chi connectivity index (χ3n) is 3.42. The van der Waals surface area contributed by atoms with Crippen molar-refractivity contribution in [3.63, 3.8) is 0 Å². The number of nitrogens with zero attached hydrogens (tertiary/aromatic N) is 1. The van der Waals surface area contributed by atoms with E-state index < -0.39 is 0 Å². The maximum atomic E-state index is 11.4. The quantitative estimate of drug-likeness (QED) is 0.531. The van der Waals surface area contributed by atoms with Crippen LogP contribution in [0.1, 0.15) is 46.0 Å². The van der Waals surface area contributed by atoms with E-state index in [0.29, 0.717) is 19.2 Å². The lowest BCUT2D eigenvalue weighted by Gasteiger charge is -2.31. The lowest BCUT2D eigenvalue weighted by Crippen LogP contribution is -2.44. The normalized spacial score (nSPS) is 17.9. The largest absolute Gasteiger partial charge is 0.465 e. The Bertz CT molecular complexity index is 226. The van der Waals surface area contributed by atoms with Gasteiger partial charge in [-0.15, -0.1) is 0 Å². The molecule has 1 rings (SSSR count). The van der Waals surface area contributed by atoms with E-state index >= 15 is 0 Å². The molecule has 1 saturated heterocycles. The van der Waals surface area contributed by atoms with Crippen molar-refractivity contribution in [3.05, 3.63) is 0 Å². The molecule has 4 heteroatoms. The van der Waals surface area contributed by atoms with Crippen molar-refractivity contribution in [2.45, 2.75) is 52.0 Å². The first-order valence-corrected chi connectivity index (χ1v) is 7.37. The van der Waals surface area contributed by atoms with Crippen LogP contribution in [0.5, 0.6) is 0 Å². The van der Waals surface area contributed by atoms with Gasteiger partial charge in [-0.1, -0.05) is 20.3 Å². The number of hydrogen-bond donors (Lipinski definition) is 1. The molecule has 106 valence electrons. The number of esters is 1. The van der Waals surface area contributed by atoms with Crippen molar-refractivity contribution in [2.75, 3.05) is 32.8 Å². The van der Waals surface area contributed by atoms with Gasteiger partial charge in [0.1, 0.15) is 0 Å². The predicted molar refractivity (Wildman–Crippen MR) is 73.6 cm³/mol. The van der Waals surface area contributed by atoms with Crippen molar-refractivity contribution < 1.29 is 9.53 Å². The minimum Gasteiger partial charge on any atom is -0.465 e. The van der Waals surface area contributed by atoms with Gasteiger partial charge in [-0.3, -0.25) is 4.79 Å². The third-order valence-corrected chi connectivity index (χ3v) is 3.42. The van der Waals surface area contributed by atoms with E-state index in [9.17, 15) is 4.79 Å². The molecule has 1 aliphatic heterocycles. The van der Waals surface area contributed by atoms with Gasteiger partial charge in [0.05, 0.1) is 13.2 Å². The van der Waals surface area contributed by atoms with Crippen LogP contribution in [-0.2, 0) is 9.53 Å². The monoisotopic (exact) mass is 256 g/mol. The van der Waals surface area contributed by atoms with Crippen LogP contribution in [0.4, 0.5) is 0 Å². The molecule has 0 aromatic heterocycles. The summed E-state index contributed by atoms with van der Waals surface area (Å²) < 4.78 is 5.12. The molecule has 1 aliphatic rings. The molecule has 0 spiro atoms. The fourth-order valence-corrected chi connectivity index (χ4v) is 2.29. The zero-order valence-corrected chi connectivity index (χ0v) is 11.9. The Balaban J connectivity index is 2.04. The Morgan fingerprint density at radius 2 is 2.00 bits per heavy atom. The molecule has 0 radical (unpaired) electrons. The lowest BCUT2D eigenvalue weighted by molar-refractivity contribution is -0.142. The molecule has 1 heterocycles. The Morgan fingerprint density at radius 1 is 1.28 bits per heavy atom. The number of rotatable bonds is 8. The van der Waals surface area contributed by atoms with Crippen molar-refractivity contribution in [3.8, 4) is 0 Å². The number of piperidine rings is 1. The van der Waals surface area contributed by atoms with Gasteiger partial charge in [0, 0.05) is 6.04 Å². The number of carbonyl (C=O) groups excluding carboxylic acids is 1. The minimum absolute atomic E-state index is 0.112. The maximum Gasteiger partial charge on any atom is 0.319 e. The summed E-state index contributed by atoms with van der Waals surface area (Å²) >= 11 is 0. The Hall–Kier alpha value is -0.610. The molecule has 0 aromatic rings. The molecule has 0 aliphatic carbocycles. The van der Waals surface area contributed by atoms with E-state index in [0.717, 1.165) is 38.8 Å². The average Bonchev–Trinajstić information content (AvgIpc) is 2.39. The van der Waals surface area contributed by atoms with E-state index in [1.807, 2.05) is 0 Å². The highest BCUT2D eigenvalue weighted by atomic mass is 16.5. The summed E-state index contributed by atoms with van der Waals surface area (Å²) in [7, 11) is 0. The first kappa shape index (κ1) is 15.4. The number of hydrogen-bond acceptors (Lipinski definition) is 4. The van der Waals surface area contributed by atoms with Gasteiger partial charge in [-0.2, -0.15) is 0 Å². The molecular weight excluding hydrogens is 228 g/mol. The fourth-order valence-electron chi connectivity index (χ4n) is 2.29. The Morgan fingerprint density at radius 3 is 2.61 bits per heavy atom. The second-order valence-electron chi connectivity index (χ2n) is 5.07. The first-order valence-electron chi connectivity index (χ1n) is 7.37. The molecule has 1 N–H and O–H groups in total. The molecular formula is C14H28N2O2. The Labute approximate surface area is 111 Å². The summed E-state index contributed by atoms with van der Waals surface area (Å²) in [6.07, 6.45) is 5.53. The van der Waals surface area contributed by atoms with Gasteiger partial charge >= 0.3 is 5.97 Å². The molecule has 1 fully saturated rings. The van der Waals surface area contributed by atoms with Gasteiger partial charge in [0.15, 0.2) is 0 Å². The number of ether oxygens (including phenoxy) is 1. The van der Waals surface area contributed by atoms with Crippen LogP contribution in [0, 0.1) is 0 Å². The van der Waals surface area contributed by atoms with E-state index in [1.54, 1.807) is 0 Å². The summed E-state index contributed by atoms with van der Waals surface area (Å²) in [5.41, 5.74) is 0.